The van der Waals surface area contributed by atoms with E-state index >= 15 is 0 Å². The van der Waals surface area contributed by atoms with Crippen LogP contribution in [-0.2, 0) is 7.05 Å². The van der Waals surface area contributed by atoms with Crippen molar-refractivity contribution in [2.45, 2.75) is 6.10 Å². The molecule has 0 aliphatic carbocycles. The van der Waals surface area contributed by atoms with Crippen molar-refractivity contribution in [2.24, 2.45) is 7.05 Å². The van der Waals surface area contributed by atoms with Crippen LogP contribution < -0.4 is 5.73 Å². The Morgan fingerprint density at radius 3 is 2.35 bits per heavy atom. The Hall–Kier alpha value is -1.95. The number of aryl methyl sites for hydroxylation is 1. The van der Waals surface area contributed by atoms with Crippen LogP contribution in [0.2, 0.25) is 0 Å². The number of halogens is 2. The number of aliphatic hydroxyl groups is 1. The maximum Gasteiger partial charge on any atom is 0.127 e. The first-order valence-corrected chi connectivity index (χ1v) is 4.90. The summed E-state index contributed by atoms with van der Waals surface area (Å²) in [5.74, 6) is -1.25. The first-order valence-electron chi connectivity index (χ1n) is 4.90. The van der Waals surface area contributed by atoms with Gasteiger partial charge in [-0.2, -0.15) is 5.10 Å². The molecule has 0 saturated carbocycles. The van der Waals surface area contributed by atoms with Gasteiger partial charge in [0.05, 0.1) is 6.20 Å². The van der Waals surface area contributed by atoms with Crippen LogP contribution in [0.15, 0.2) is 24.4 Å². The molecule has 3 N–H and O–H groups in total. The van der Waals surface area contributed by atoms with Crippen LogP contribution >= 0.6 is 0 Å². The van der Waals surface area contributed by atoms with E-state index in [9.17, 15) is 13.9 Å². The topological polar surface area (TPSA) is 64.1 Å². The van der Waals surface area contributed by atoms with Crippen molar-refractivity contribution in [2.75, 3.05) is 5.73 Å². The second-order valence-corrected chi connectivity index (χ2v) is 3.71. The van der Waals surface area contributed by atoms with Crippen LogP contribution in [0.1, 0.15) is 17.2 Å². The highest BCUT2D eigenvalue weighted by atomic mass is 19.1. The lowest BCUT2D eigenvalue weighted by molar-refractivity contribution is 0.220. The lowest BCUT2D eigenvalue weighted by Gasteiger charge is -2.10. The van der Waals surface area contributed by atoms with Gasteiger partial charge in [0, 0.05) is 18.7 Å². The molecule has 2 rings (SSSR count). The number of hydrogen-bond donors (Lipinski definition) is 2. The Morgan fingerprint density at radius 1 is 1.29 bits per heavy atom. The summed E-state index contributed by atoms with van der Waals surface area (Å²) in [4.78, 5) is 0. The average Bonchev–Trinajstić information content (AvgIpc) is 2.57. The van der Waals surface area contributed by atoms with Crippen molar-refractivity contribution in [3.8, 4) is 0 Å². The first kappa shape index (κ1) is 11.5. The quantitative estimate of drug-likeness (QED) is 0.831. The summed E-state index contributed by atoms with van der Waals surface area (Å²) >= 11 is 0. The van der Waals surface area contributed by atoms with Gasteiger partial charge in [0.1, 0.15) is 23.6 Å². The summed E-state index contributed by atoms with van der Waals surface area (Å²) in [6.45, 7) is 0. The van der Waals surface area contributed by atoms with E-state index in [1.54, 1.807) is 7.05 Å². The summed E-state index contributed by atoms with van der Waals surface area (Å²) in [7, 11) is 1.61. The van der Waals surface area contributed by atoms with E-state index in [2.05, 4.69) is 5.10 Å². The number of nitrogen functional groups attached to an aromatic ring is 1. The molecule has 6 heteroatoms. The normalized spacial score (nSPS) is 12.7. The lowest BCUT2D eigenvalue weighted by atomic mass is 10.0. The van der Waals surface area contributed by atoms with Gasteiger partial charge in [0.15, 0.2) is 0 Å². The molecule has 0 saturated heterocycles. The number of benzene rings is 1. The fraction of sp³-hybridized carbons (Fsp3) is 0.182. The minimum absolute atomic E-state index is 0.0993. The zero-order chi connectivity index (χ0) is 12.6. The molecular weight excluding hydrogens is 228 g/mol. The Labute approximate surface area is 96.3 Å². The number of rotatable bonds is 2. The van der Waals surface area contributed by atoms with E-state index in [0.717, 1.165) is 18.2 Å². The van der Waals surface area contributed by atoms with Crippen LogP contribution in [0.4, 0.5) is 14.6 Å². The number of aromatic nitrogens is 2. The fourth-order valence-corrected chi connectivity index (χ4v) is 1.59. The molecule has 4 nitrogen and oxygen atoms in total. The largest absolute Gasteiger partial charge is 0.384 e. The Kier molecular flexibility index (Phi) is 2.81. The van der Waals surface area contributed by atoms with Gasteiger partial charge < -0.3 is 10.8 Å². The molecule has 0 aliphatic rings. The number of nitrogens with two attached hydrogens (primary N) is 1. The molecule has 0 fully saturated rings. The van der Waals surface area contributed by atoms with E-state index in [0.29, 0.717) is 5.56 Å². The minimum atomic E-state index is -1.20. The standard InChI is InChI=1S/C11H11F2N3O/c1-16-11(14)9(5-15-16)10(17)6-2-7(12)4-8(13)3-6/h2-5,10,17H,14H2,1H3. The lowest BCUT2D eigenvalue weighted by Crippen LogP contribution is -2.05. The zero-order valence-electron chi connectivity index (χ0n) is 9.06. The van der Waals surface area contributed by atoms with Gasteiger partial charge in [-0.25, -0.2) is 8.78 Å². The molecule has 1 aromatic heterocycles. The summed E-state index contributed by atoms with van der Waals surface area (Å²) in [6, 6.07) is 2.85. The minimum Gasteiger partial charge on any atom is -0.384 e. The number of aliphatic hydroxyl groups excluding tert-OH is 1. The molecular formula is C11H11F2N3O. The van der Waals surface area contributed by atoms with Gasteiger partial charge in [-0.1, -0.05) is 0 Å². The predicted octanol–water partition coefficient (Wildman–Crippen LogP) is 1.36. The molecule has 1 atom stereocenters. The maximum absolute atomic E-state index is 13.0. The van der Waals surface area contributed by atoms with Gasteiger partial charge in [-0.15, -0.1) is 0 Å². The Bertz CT molecular complexity index is 533. The first-order chi connectivity index (χ1) is 7.99. The summed E-state index contributed by atoms with van der Waals surface area (Å²) in [5, 5.41) is 13.8. The summed E-state index contributed by atoms with van der Waals surface area (Å²) < 4.78 is 27.4. The molecule has 17 heavy (non-hydrogen) atoms. The van der Waals surface area contributed by atoms with Crippen molar-refractivity contribution in [1.82, 2.24) is 9.78 Å². The second kappa shape index (κ2) is 4.14. The van der Waals surface area contributed by atoms with Crippen LogP contribution in [0.5, 0.6) is 0 Å². The number of hydrogen-bond acceptors (Lipinski definition) is 3. The van der Waals surface area contributed by atoms with Crippen LogP contribution in [-0.4, -0.2) is 14.9 Å². The maximum atomic E-state index is 13.0. The molecule has 0 radical (unpaired) electrons. The van der Waals surface area contributed by atoms with E-state index in [1.807, 2.05) is 0 Å². The monoisotopic (exact) mass is 239 g/mol. The number of nitrogens with zero attached hydrogens (tertiary/aromatic N) is 2. The van der Waals surface area contributed by atoms with Gasteiger partial charge >= 0.3 is 0 Å². The zero-order valence-corrected chi connectivity index (χ0v) is 9.06. The Balaban J connectivity index is 2.43. The molecule has 90 valence electrons. The van der Waals surface area contributed by atoms with Crippen molar-refractivity contribution in [3.63, 3.8) is 0 Å². The molecule has 0 spiro atoms. The van der Waals surface area contributed by atoms with Crippen molar-refractivity contribution >= 4 is 5.82 Å². The fourth-order valence-electron chi connectivity index (χ4n) is 1.59. The molecule has 0 aliphatic heterocycles. The highest BCUT2D eigenvalue weighted by Crippen LogP contribution is 2.26. The van der Waals surface area contributed by atoms with Crippen LogP contribution in [0.25, 0.3) is 0 Å². The summed E-state index contributed by atoms with van der Waals surface area (Å²) in [6.07, 6.45) is 0.164. The summed E-state index contributed by atoms with van der Waals surface area (Å²) in [5.41, 5.74) is 6.09. The van der Waals surface area contributed by atoms with Gasteiger partial charge in [-0.3, -0.25) is 4.68 Å². The SMILES string of the molecule is Cn1ncc(C(O)c2cc(F)cc(F)c2)c1N. The van der Waals surface area contributed by atoms with Crippen LogP contribution in [0.3, 0.4) is 0 Å². The van der Waals surface area contributed by atoms with Crippen LogP contribution in [0, 0.1) is 11.6 Å². The van der Waals surface area contributed by atoms with E-state index in [4.69, 9.17) is 5.73 Å². The Morgan fingerprint density at radius 2 is 1.88 bits per heavy atom. The predicted molar refractivity (Wildman–Crippen MR) is 58.0 cm³/mol. The molecule has 0 amide bonds. The number of anilines is 1. The molecule has 1 heterocycles. The molecule has 1 aromatic carbocycles. The second-order valence-electron chi connectivity index (χ2n) is 3.71. The highest BCUT2D eigenvalue weighted by molar-refractivity contribution is 5.44. The average molecular weight is 239 g/mol. The molecule has 0 bridgehead atoms. The highest BCUT2D eigenvalue weighted by Gasteiger charge is 2.18. The third-order valence-electron chi connectivity index (χ3n) is 2.51. The van der Waals surface area contributed by atoms with E-state index in [1.165, 1.54) is 10.9 Å². The third-order valence-corrected chi connectivity index (χ3v) is 2.51. The van der Waals surface area contributed by atoms with Gasteiger partial charge in [0.25, 0.3) is 0 Å². The van der Waals surface area contributed by atoms with E-state index < -0.39 is 17.7 Å². The molecule has 2 aromatic rings. The van der Waals surface area contributed by atoms with Gasteiger partial charge in [-0.05, 0) is 17.7 Å². The van der Waals surface area contributed by atoms with Crippen molar-refractivity contribution in [3.05, 3.63) is 47.2 Å². The van der Waals surface area contributed by atoms with Gasteiger partial charge in [0.2, 0.25) is 0 Å². The smallest absolute Gasteiger partial charge is 0.127 e. The van der Waals surface area contributed by atoms with Crippen molar-refractivity contribution < 1.29 is 13.9 Å². The molecule has 1 unspecified atom stereocenters. The van der Waals surface area contributed by atoms with Crippen molar-refractivity contribution in [1.29, 1.82) is 0 Å². The third kappa shape index (κ3) is 2.12. The van der Waals surface area contributed by atoms with E-state index in [-0.39, 0.29) is 11.4 Å².